The van der Waals surface area contributed by atoms with Gasteiger partial charge in [0.1, 0.15) is 5.60 Å². The number of amides is 1. The predicted octanol–water partition coefficient (Wildman–Crippen LogP) is 0.825. The van der Waals surface area contributed by atoms with Crippen LogP contribution in [0, 0.1) is 5.92 Å². The second-order valence-corrected chi connectivity index (χ2v) is 5.12. The van der Waals surface area contributed by atoms with Gasteiger partial charge in [0.2, 0.25) is 0 Å². The number of ether oxygens (including phenoxy) is 1. The van der Waals surface area contributed by atoms with Crippen LogP contribution in [0.25, 0.3) is 0 Å². The molecule has 0 aromatic rings. The van der Waals surface area contributed by atoms with Crippen LogP contribution in [-0.4, -0.2) is 42.3 Å². The molecule has 4 nitrogen and oxygen atoms in total. The van der Waals surface area contributed by atoms with Gasteiger partial charge in [-0.2, -0.15) is 0 Å². The number of fused-ring (bicyclic) bond motifs is 1. The third-order valence-electron chi connectivity index (χ3n) is 2.76. The lowest BCUT2D eigenvalue weighted by molar-refractivity contribution is -0.0163. The topological polar surface area (TPSA) is 41.6 Å². The first-order chi connectivity index (χ1) is 6.47. The molecule has 2 saturated heterocycles. The summed E-state index contributed by atoms with van der Waals surface area (Å²) >= 11 is 0. The number of hydrogen-bond acceptors (Lipinski definition) is 3. The van der Waals surface area contributed by atoms with E-state index in [1.54, 1.807) is 0 Å². The lowest BCUT2D eigenvalue weighted by atomic mass is 9.93. The highest BCUT2D eigenvalue weighted by Gasteiger charge is 2.46. The fourth-order valence-corrected chi connectivity index (χ4v) is 2.05. The van der Waals surface area contributed by atoms with Crippen molar-refractivity contribution >= 4 is 6.09 Å². The van der Waals surface area contributed by atoms with E-state index in [4.69, 9.17) is 4.74 Å². The largest absolute Gasteiger partial charge is 0.444 e. The summed E-state index contributed by atoms with van der Waals surface area (Å²) in [6, 6.07) is 0.379. The van der Waals surface area contributed by atoms with E-state index in [0.717, 1.165) is 19.6 Å². The molecule has 0 bridgehead atoms. The molecule has 0 saturated carbocycles. The van der Waals surface area contributed by atoms with Crippen LogP contribution < -0.4 is 5.32 Å². The van der Waals surface area contributed by atoms with Crippen LogP contribution in [0.4, 0.5) is 4.79 Å². The normalized spacial score (nSPS) is 30.9. The Balaban J connectivity index is 1.88. The molecule has 2 aliphatic heterocycles. The average Bonchev–Trinajstić information content (AvgIpc) is 2.28. The molecule has 0 spiro atoms. The maximum atomic E-state index is 11.7. The number of hydrogen-bond donors (Lipinski definition) is 1. The van der Waals surface area contributed by atoms with E-state index in [0.29, 0.717) is 12.0 Å². The fourth-order valence-electron chi connectivity index (χ4n) is 2.05. The van der Waals surface area contributed by atoms with Crippen molar-refractivity contribution in [3.8, 4) is 0 Å². The summed E-state index contributed by atoms with van der Waals surface area (Å²) < 4.78 is 5.31. The van der Waals surface area contributed by atoms with Crippen LogP contribution in [0.3, 0.4) is 0 Å². The fraction of sp³-hybridized carbons (Fsp3) is 0.900. The second kappa shape index (κ2) is 3.12. The summed E-state index contributed by atoms with van der Waals surface area (Å²) in [4.78, 5) is 13.5. The SMILES string of the molecule is CC(C)(C)OC(=O)N1C[C@@H]2CNC[C@@H]21. The van der Waals surface area contributed by atoms with Gasteiger partial charge in [-0.3, -0.25) is 0 Å². The van der Waals surface area contributed by atoms with E-state index >= 15 is 0 Å². The maximum absolute atomic E-state index is 11.7. The maximum Gasteiger partial charge on any atom is 0.410 e. The van der Waals surface area contributed by atoms with Crippen molar-refractivity contribution in [3.05, 3.63) is 0 Å². The highest BCUT2D eigenvalue weighted by atomic mass is 16.6. The molecule has 2 heterocycles. The number of carbonyl (C=O) groups is 1. The first-order valence-corrected chi connectivity index (χ1v) is 5.18. The summed E-state index contributed by atoms with van der Waals surface area (Å²) in [6.07, 6.45) is -0.164. The molecule has 4 heteroatoms. The van der Waals surface area contributed by atoms with Gasteiger partial charge in [-0.15, -0.1) is 0 Å². The van der Waals surface area contributed by atoms with Crippen molar-refractivity contribution in [2.24, 2.45) is 5.92 Å². The van der Waals surface area contributed by atoms with Crippen LogP contribution in [0.2, 0.25) is 0 Å². The first kappa shape index (κ1) is 9.77. The van der Waals surface area contributed by atoms with Crippen molar-refractivity contribution in [2.45, 2.75) is 32.4 Å². The number of likely N-dealkylation sites (tertiary alicyclic amines) is 1. The number of carbonyl (C=O) groups excluding carboxylic acids is 1. The Morgan fingerprint density at radius 2 is 2.14 bits per heavy atom. The molecule has 0 radical (unpaired) electrons. The molecule has 0 aromatic heterocycles. The van der Waals surface area contributed by atoms with Crippen LogP contribution >= 0.6 is 0 Å². The Hall–Kier alpha value is -0.770. The predicted molar refractivity (Wildman–Crippen MR) is 53.1 cm³/mol. The third-order valence-corrected chi connectivity index (χ3v) is 2.76. The first-order valence-electron chi connectivity index (χ1n) is 5.18. The van der Waals surface area contributed by atoms with Crippen LogP contribution in [0.1, 0.15) is 20.8 Å². The highest BCUT2D eigenvalue weighted by Crippen LogP contribution is 2.29. The minimum atomic E-state index is -0.381. The summed E-state index contributed by atoms with van der Waals surface area (Å²) in [6.45, 7) is 8.51. The van der Waals surface area contributed by atoms with E-state index in [1.807, 2.05) is 25.7 Å². The molecule has 0 aliphatic carbocycles. The molecule has 2 fully saturated rings. The van der Waals surface area contributed by atoms with E-state index < -0.39 is 0 Å². The monoisotopic (exact) mass is 198 g/mol. The van der Waals surface area contributed by atoms with Gasteiger partial charge in [0.25, 0.3) is 0 Å². The Labute approximate surface area is 84.6 Å². The smallest absolute Gasteiger partial charge is 0.410 e. The standard InChI is InChI=1S/C10H18N2O2/c1-10(2,3)14-9(13)12-6-7-4-11-5-8(7)12/h7-8,11H,4-6H2,1-3H3/t7-,8-/m0/s1. The Morgan fingerprint density at radius 1 is 1.43 bits per heavy atom. The van der Waals surface area contributed by atoms with Gasteiger partial charge in [-0.1, -0.05) is 0 Å². The summed E-state index contributed by atoms with van der Waals surface area (Å²) in [5.41, 5.74) is -0.381. The number of nitrogens with one attached hydrogen (secondary N) is 1. The zero-order chi connectivity index (χ0) is 10.3. The molecule has 2 aliphatic rings. The van der Waals surface area contributed by atoms with Crippen LogP contribution in [0.5, 0.6) is 0 Å². The number of nitrogens with zero attached hydrogens (tertiary/aromatic N) is 1. The number of rotatable bonds is 0. The Bertz CT molecular complexity index is 247. The summed E-state index contributed by atoms with van der Waals surface area (Å²) in [7, 11) is 0. The average molecular weight is 198 g/mol. The van der Waals surface area contributed by atoms with Crippen molar-refractivity contribution in [1.29, 1.82) is 0 Å². The molecule has 14 heavy (non-hydrogen) atoms. The van der Waals surface area contributed by atoms with Gasteiger partial charge in [0.15, 0.2) is 0 Å². The van der Waals surface area contributed by atoms with Gasteiger partial charge in [0.05, 0.1) is 6.04 Å². The highest BCUT2D eigenvalue weighted by molar-refractivity contribution is 5.70. The quantitative estimate of drug-likeness (QED) is 0.626. The molecule has 1 N–H and O–H groups in total. The third kappa shape index (κ3) is 1.71. The van der Waals surface area contributed by atoms with Gasteiger partial charge >= 0.3 is 6.09 Å². The molecule has 1 amide bonds. The molecule has 2 rings (SSSR count). The van der Waals surface area contributed by atoms with Gasteiger partial charge in [-0.25, -0.2) is 4.79 Å². The molecule has 80 valence electrons. The van der Waals surface area contributed by atoms with Gasteiger partial charge in [-0.05, 0) is 20.8 Å². The molecule has 0 unspecified atom stereocenters. The minimum absolute atomic E-state index is 0.164. The van der Waals surface area contributed by atoms with Crippen molar-refractivity contribution in [3.63, 3.8) is 0 Å². The second-order valence-electron chi connectivity index (χ2n) is 5.12. The van der Waals surface area contributed by atoms with Crippen molar-refractivity contribution in [1.82, 2.24) is 10.2 Å². The lowest BCUT2D eigenvalue weighted by Crippen LogP contribution is -2.59. The van der Waals surface area contributed by atoms with Crippen molar-refractivity contribution in [2.75, 3.05) is 19.6 Å². The Kier molecular flexibility index (Phi) is 2.18. The zero-order valence-electron chi connectivity index (χ0n) is 9.04. The van der Waals surface area contributed by atoms with Gasteiger partial charge in [0, 0.05) is 25.6 Å². The zero-order valence-corrected chi connectivity index (χ0v) is 9.04. The van der Waals surface area contributed by atoms with Crippen LogP contribution in [-0.2, 0) is 4.74 Å². The summed E-state index contributed by atoms with van der Waals surface area (Å²) in [5, 5.41) is 3.28. The summed E-state index contributed by atoms with van der Waals surface area (Å²) in [5.74, 6) is 0.655. The molecule has 0 aromatic carbocycles. The molecule has 2 atom stereocenters. The minimum Gasteiger partial charge on any atom is -0.444 e. The van der Waals surface area contributed by atoms with Gasteiger partial charge < -0.3 is 15.0 Å². The van der Waals surface area contributed by atoms with Crippen molar-refractivity contribution < 1.29 is 9.53 Å². The van der Waals surface area contributed by atoms with E-state index in [2.05, 4.69) is 5.32 Å². The molecular weight excluding hydrogens is 180 g/mol. The van der Waals surface area contributed by atoms with E-state index in [1.165, 1.54) is 0 Å². The van der Waals surface area contributed by atoms with E-state index in [-0.39, 0.29) is 11.7 Å². The van der Waals surface area contributed by atoms with Crippen LogP contribution in [0.15, 0.2) is 0 Å². The molecular formula is C10H18N2O2. The lowest BCUT2D eigenvalue weighted by Gasteiger charge is -2.43. The van der Waals surface area contributed by atoms with E-state index in [9.17, 15) is 4.79 Å². The Morgan fingerprint density at radius 3 is 2.71 bits per heavy atom.